The summed E-state index contributed by atoms with van der Waals surface area (Å²) in [5.41, 5.74) is 8.20. The van der Waals surface area contributed by atoms with Gasteiger partial charge >= 0.3 is 6.01 Å². The monoisotopic (exact) mass is 421 g/mol. The third kappa shape index (κ3) is 3.54. The van der Waals surface area contributed by atoms with E-state index in [1.807, 2.05) is 10.6 Å². The minimum absolute atomic E-state index is 0.0155. The van der Waals surface area contributed by atoms with Gasteiger partial charge in [-0.25, -0.2) is 9.97 Å². The van der Waals surface area contributed by atoms with Crippen LogP contribution in [0.15, 0.2) is 35.4 Å². The molecule has 2 N–H and O–H groups in total. The zero-order valence-corrected chi connectivity index (χ0v) is 17.4. The van der Waals surface area contributed by atoms with Gasteiger partial charge in [-0.3, -0.25) is 4.79 Å². The molecule has 0 radical (unpaired) electrons. The Bertz CT molecular complexity index is 1170. The van der Waals surface area contributed by atoms with Crippen LogP contribution in [-0.4, -0.2) is 51.8 Å². The maximum absolute atomic E-state index is 12.9. The Balaban J connectivity index is 1.52. The fourth-order valence-electron chi connectivity index (χ4n) is 4.57. The summed E-state index contributed by atoms with van der Waals surface area (Å²) < 4.78 is 12.4. The van der Waals surface area contributed by atoms with Crippen molar-refractivity contribution in [2.24, 2.45) is 5.92 Å². The summed E-state index contributed by atoms with van der Waals surface area (Å²) in [5, 5.41) is 0. The van der Waals surface area contributed by atoms with E-state index in [0.717, 1.165) is 36.6 Å². The predicted molar refractivity (Wildman–Crippen MR) is 114 cm³/mol. The summed E-state index contributed by atoms with van der Waals surface area (Å²) in [5.74, 6) is 2.12. The average Bonchev–Trinajstić information content (AvgIpc) is 2.79. The summed E-state index contributed by atoms with van der Waals surface area (Å²) in [6.45, 7) is 2.21. The van der Waals surface area contributed by atoms with Crippen molar-refractivity contribution >= 4 is 11.6 Å². The summed E-state index contributed by atoms with van der Waals surface area (Å²) in [7, 11) is 3.11. The number of rotatable bonds is 4. The molecule has 10 nitrogen and oxygen atoms in total. The first-order valence-corrected chi connectivity index (χ1v) is 10.1. The van der Waals surface area contributed by atoms with Gasteiger partial charge in [-0.1, -0.05) is 0 Å². The number of anilines is 2. The van der Waals surface area contributed by atoms with E-state index in [-0.39, 0.29) is 17.5 Å². The lowest BCUT2D eigenvalue weighted by atomic mass is 9.82. The number of fused-ring (bicyclic) bond motifs is 4. The molecule has 5 rings (SSSR count). The van der Waals surface area contributed by atoms with E-state index in [0.29, 0.717) is 29.9 Å². The lowest BCUT2D eigenvalue weighted by Gasteiger charge is -2.43. The molecule has 0 spiro atoms. The smallest absolute Gasteiger partial charge is 0.321 e. The Kier molecular flexibility index (Phi) is 4.68. The SMILES string of the molecule is COc1cc(N2C[C@@H]3C[C@H](C2)c2cc(-c4cc(N)ncn4)cc(=O)n2C3)nc(OC)n1. The van der Waals surface area contributed by atoms with Crippen molar-refractivity contribution in [3.8, 4) is 23.1 Å². The summed E-state index contributed by atoms with van der Waals surface area (Å²) in [6, 6.07) is 7.45. The van der Waals surface area contributed by atoms with Crippen LogP contribution in [0.25, 0.3) is 11.3 Å². The Labute approximate surface area is 178 Å². The molecular formula is C21H23N7O3. The topological polar surface area (TPSA) is 121 Å². The van der Waals surface area contributed by atoms with Gasteiger partial charge in [0.05, 0.1) is 19.9 Å². The number of piperidine rings is 1. The number of aromatic nitrogens is 5. The van der Waals surface area contributed by atoms with Crippen molar-refractivity contribution in [2.45, 2.75) is 18.9 Å². The van der Waals surface area contributed by atoms with Gasteiger partial charge in [0.2, 0.25) is 5.88 Å². The van der Waals surface area contributed by atoms with Crippen LogP contribution < -0.4 is 25.7 Å². The highest BCUT2D eigenvalue weighted by molar-refractivity contribution is 5.62. The molecule has 5 heterocycles. The number of hydrogen-bond acceptors (Lipinski definition) is 9. The van der Waals surface area contributed by atoms with Crippen molar-refractivity contribution < 1.29 is 9.47 Å². The van der Waals surface area contributed by atoms with Crippen molar-refractivity contribution in [1.29, 1.82) is 0 Å². The molecule has 0 unspecified atom stereocenters. The van der Waals surface area contributed by atoms with Crippen LogP contribution >= 0.6 is 0 Å². The summed E-state index contributed by atoms with van der Waals surface area (Å²) in [6.07, 6.45) is 2.43. The number of nitrogens with zero attached hydrogens (tertiary/aromatic N) is 6. The minimum atomic E-state index is -0.0155. The van der Waals surface area contributed by atoms with E-state index in [4.69, 9.17) is 15.2 Å². The van der Waals surface area contributed by atoms with Crippen LogP contribution in [0, 0.1) is 5.92 Å². The number of nitrogen functional groups attached to an aromatic ring is 1. The van der Waals surface area contributed by atoms with Gasteiger partial charge < -0.3 is 24.7 Å². The van der Waals surface area contributed by atoms with Gasteiger partial charge in [0.1, 0.15) is 18.0 Å². The second-order valence-electron chi connectivity index (χ2n) is 7.90. The van der Waals surface area contributed by atoms with E-state index < -0.39 is 0 Å². The largest absolute Gasteiger partial charge is 0.481 e. The Morgan fingerprint density at radius 3 is 2.68 bits per heavy atom. The molecule has 31 heavy (non-hydrogen) atoms. The number of nitrogens with two attached hydrogens (primary N) is 1. The molecule has 0 amide bonds. The Morgan fingerprint density at radius 2 is 1.90 bits per heavy atom. The van der Waals surface area contributed by atoms with Gasteiger partial charge in [-0.2, -0.15) is 9.97 Å². The molecule has 2 aliphatic heterocycles. The molecule has 1 saturated heterocycles. The number of hydrogen-bond donors (Lipinski definition) is 1. The third-order valence-electron chi connectivity index (χ3n) is 5.92. The first kappa shape index (κ1) is 19.3. The number of ether oxygens (including phenoxy) is 2. The van der Waals surface area contributed by atoms with Gasteiger partial charge in [-0.05, 0) is 18.4 Å². The van der Waals surface area contributed by atoms with E-state index in [2.05, 4.69) is 30.9 Å². The highest BCUT2D eigenvalue weighted by atomic mass is 16.5. The maximum Gasteiger partial charge on any atom is 0.321 e. The van der Waals surface area contributed by atoms with Crippen LogP contribution in [0.4, 0.5) is 11.6 Å². The highest BCUT2D eigenvalue weighted by Gasteiger charge is 2.36. The molecule has 2 bridgehead atoms. The average molecular weight is 421 g/mol. The molecule has 2 aliphatic rings. The normalized spacial score (nSPS) is 19.6. The fourth-order valence-corrected chi connectivity index (χ4v) is 4.57. The maximum atomic E-state index is 12.9. The van der Waals surface area contributed by atoms with Gasteiger partial charge in [0, 0.05) is 55.0 Å². The minimum Gasteiger partial charge on any atom is -0.481 e. The molecule has 1 fully saturated rings. The van der Waals surface area contributed by atoms with Crippen LogP contribution in [-0.2, 0) is 6.54 Å². The molecule has 0 aromatic carbocycles. The zero-order chi connectivity index (χ0) is 21.5. The van der Waals surface area contributed by atoms with Crippen molar-refractivity contribution in [3.05, 3.63) is 46.6 Å². The van der Waals surface area contributed by atoms with Crippen molar-refractivity contribution in [3.63, 3.8) is 0 Å². The molecule has 10 heteroatoms. The fraction of sp³-hybridized carbons (Fsp3) is 0.381. The summed E-state index contributed by atoms with van der Waals surface area (Å²) >= 11 is 0. The predicted octanol–water partition coefficient (Wildman–Crippen LogP) is 1.32. The standard InChI is InChI=1S/C21H23N7O3/c1-30-19-7-18(25-21(26-19)31-2)27-8-12-3-14(10-27)16-4-13(5-20(29)28(16)9-12)15-6-17(22)24-11-23-15/h4-7,11-12,14H,3,8-10H2,1-2H3,(H2,22,23,24)/t12-,14+/m0/s1. The van der Waals surface area contributed by atoms with E-state index in [1.165, 1.54) is 13.4 Å². The van der Waals surface area contributed by atoms with Gasteiger partial charge in [-0.15, -0.1) is 0 Å². The van der Waals surface area contributed by atoms with Crippen molar-refractivity contribution in [1.82, 2.24) is 24.5 Å². The first-order chi connectivity index (χ1) is 15.0. The Morgan fingerprint density at radius 1 is 1.03 bits per heavy atom. The third-order valence-corrected chi connectivity index (χ3v) is 5.92. The zero-order valence-electron chi connectivity index (χ0n) is 17.4. The van der Waals surface area contributed by atoms with Gasteiger partial charge in [0.15, 0.2) is 0 Å². The van der Waals surface area contributed by atoms with Crippen LogP contribution in [0.5, 0.6) is 11.9 Å². The van der Waals surface area contributed by atoms with E-state index in [9.17, 15) is 4.79 Å². The Hall–Kier alpha value is -3.69. The highest BCUT2D eigenvalue weighted by Crippen LogP contribution is 2.38. The molecule has 3 aromatic rings. The molecule has 160 valence electrons. The molecule has 3 aromatic heterocycles. The van der Waals surface area contributed by atoms with Crippen LogP contribution in [0.2, 0.25) is 0 Å². The van der Waals surface area contributed by atoms with E-state index >= 15 is 0 Å². The van der Waals surface area contributed by atoms with Gasteiger partial charge in [0.25, 0.3) is 5.56 Å². The lowest BCUT2D eigenvalue weighted by molar-refractivity contribution is 0.279. The quantitative estimate of drug-likeness (QED) is 0.664. The first-order valence-electron chi connectivity index (χ1n) is 10.1. The van der Waals surface area contributed by atoms with Crippen molar-refractivity contribution in [2.75, 3.05) is 37.9 Å². The number of pyridine rings is 1. The molecule has 2 atom stereocenters. The second kappa shape index (κ2) is 7.53. The van der Waals surface area contributed by atoms with Crippen LogP contribution in [0.1, 0.15) is 18.0 Å². The van der Waals surface area contributed by atoms with Crippen LogP contribution in [0.3, 0.4) is 0 Å². The second-order valence-corrected chi connectivity index (χ2v) is 7.90. The molecule has 0 saturated carbocycles. The van der Waals surface area contributed by atoms with E-state index in [1.54, 1.807) is 19.2 Å². The molecule has 0 aliphatic carbocycles. The summed E-state index contributed by atoms with van der Waals surface area (Å²) in [4.78, 5) is 32.1. The molecular weight excluding hydrogens is 398 g/mol. The number of methoxy groups -OCH3 is 2. The lowest BCUT2D eigenvalue weighted by Crippen LogP contribution is -2.47.